The first-order chi connectivity index (χ1) is 7.91. The van der Waals surface area contributed by atoms with Gasteiger partial charge in [-0.15, -0.1) is 0 Å². The highest BCUT2D eigenvalue weighted by atomic mass is 32.2. The molecule has 0 unspecified atom stereocenters. The van der Waals surface area contributed by atoms with E-state index in [1.54, 1.807) is 18.5 Å². The van der Waals surface area contributed by atoms with E-state index in [-0.39, 0.29) is 11.8 Å². The fourth-order valence-electron chi connectivity index (χ4n) is 1.48. The van der Waals surface area contributed by atoms with Crippen LogP contribution in [0.15, 0.2) is 18.3 Å². The normalized spacial score (nSPS) is 14.1. The van der Waals surface area contributed by atoms with Crippen LogP contribution in [0.2, 0.25) is 0 Å². The van der Waals surface area contributed by atoms with Gasteiger partial charge in [0.1, 0.15) is 5.82 Å². The van der Waals surface area contributed by atoms with Crippen LogP contribution in [0.1, 0.15) is 24.2 Å². The summed E-state index contributed by atoms with van der Waals surface area (Å²) in [6.07, 6.45) is 3.26. The van der Waals surface area contributed by atoms with Crippen molar-refractivity contribution in [3.05, 3.63) is 23.9 Å². The molecular formula is C12H18N2O2S. The molecule has 1 rings (SSSR count). The van der Waals surface area contributed by atoms with Crippen molar-refractivity contribution < 1.29 is 9.00 Å². The number of carbonyl (C=O) groups excluding carboxylic acids is 1. The first-order valence-corrected chi connectivity index (χ1v) is 7.14. The molecule has 0 fully saturated rings. The van der Waals surface area contributed by atoms with Gasteiger partial charge < -0.3 is 4.90 Å². The van der Waals surface area contributed by atoms with E-state index in [1.807, 2.05) is 24.9 Å². The van der Waals surface area contributed by atoms with Crippen LogP contribution in [0.3, 0.4) is 0 Å². The molecule has 0 bridgehead atoms. The SMILES string of the molecule is CC(=O)c1ccc(N(C)[C@H](C)C[S@@](C)=O)nc1. The monoisotopic (exact) mass is 254 g/mol. The van der Waals surface area contributed by atoms with Crippen LogP contribution < -0.4 is 4.90 Å². The van der Waals surface area contributed by atoms with Gasteiger partial charge >= 0.3 is 0 Å². The van der Waals surface area contributed by atoms with Gasteiger partial charge in [0.05, 0.1) is 0 Å². The Morgan fingerprint density at radius 3 is 2.59 bits per heavy atom. The summed E-state index contributed by atoms with van der Waals surface area (Å²) in [7, 11) is 1.08. The zero-order valence-electron chi connectivity index (χ0n) is 10.6. The Morgan fingerprint density at radius 1 is 1.53 bits per heavy atom. The lowest BCUT2D eigenvalue weighted by Gasteiger charge is -2.25. The maximum Gasteiger partial charge on any atom is 0.161 e. The molecule has 0 aliphatic heterocycles. The van der Waals surface area contributed by atoms with Crippen LogP contribution in [0.5, 0.6) is 0 Å². The largest absolute Gasteiger partial charge is 0.356 e. The van der Waals surface area contributed by atoms with E-state index < -0.39 is 10.8 Å². The van der Waals surface area contributed by atoms with E-state index in [9.17, 15) is 9.00 Å². The van der Waals surface area contributed by atoms with Crippen molar-refractivity contribution in [1.29, 1.82) is 0 Å². The molecule has 94 valence electrons. The highest BCUT2D eigenvalue weighted by Crippen LogP contribution is 2.13. The second-order valence-electron chi connectivity index (χ2n) is 4.16. The lowest BCUT2D eigenvalue weighted by atomic mass is 10.2. The van der Waals surface area contributed by atoms with Crippen LogP contribution in [-0.4, -0.2) is 40.1 Å². The molecule has 4 nitrogen and oxygen atoms in total. The zero-order valence-corrected chi connectivity index (χ0v) is 11.5. The van der Waals surface area contributed by atoms with Crippen LogP contribution in [0, 0.1) is 0 Å². The fourth-order valence-corrected chi connectivity index (χ4v) is 2.38. The van der Waals surface area contributed by atoms with Crippen molar-refractivity contribution in [3.63, 3.8) is 0 Å². The second kappa shape index (κ2) is 5.91. The summed E-state index contributed by atoms with van der Waals surface area (Å²) in [5.74, 6) is 1.40. The number of nitrogens with zero attached hydrogens (tertiary/aromatic N) is 2. The molecule has 0 radical (unpaired) electrons. The van der Waals surface area contributed by atoms with Gasteiger partial charge in [0, 0.05) is 47.7 Å². The highest BCUT2D eigenvalue weighted by Gasteiger charge is 2.12. The predicted octanol–water partition coefficient (Wildman–Crippen LogP) is 1.49. The molecule has 0 aromatic carbocycles. The lowest BCUT2D eigenvalue weighted by molar-refractivity contribution is 0.101. The number of anilines is 1. The molecule has 17 heavy (non-hydrogen) atoms. The number of carbonyl (C=O) groups is 1. The average Bonchev–Trinajstić information content (AvgIpc) is 2.27. The van der Waals surface area contributed by atoms with Crippen LogP contribution >= 0.6 is 0 Å². The topological polar surface area (TPSA) is 50.3 Å². The molecule has 0 saturated carbocycles. The van der Waals surface area contributed by atoms with Crippen molar-refractivity contribution in [2.45, 2.75) is 19.9 Å². The molecule has 0 amide bonds. The average molecular weight is 254 g/mol. The van der Waals surface area contributed by atoms with E-state index in [0.29, 0.717) is 11.3 Å². The number of aromatic nitrogens is 1. The van der Waals surface area contributed by atoms with E-state index in [0.717, 1.165) is 5.82 Å². The minimum absolute atomic E-state index is 0.00872. The molecule has 0 aliphatic rings. The Kier molecular flexibility index (Phi) is 4.81. The first kappa shape index (κ1) is 13.8. The van der Waals surface area contributed by atoms with E-state index in [4.69, 9.17) is 0 Å². The fraction of sp³-hybridized carbons (Fsp3) is 0.500. The summed E-state index contributed by atoms with van der Waals surface area (Å²) in [6, 6.07) is 3.72. The van der Waals surface area contributed by atoms with Crippen molar-refractivity contribution in [1.82, 2.24) is 4.98 Å². The van der Waals surface area contributed by atoms with Crippen LogP contribution in [0.25, 0.3) is 0 Å². The number of ketones is 1. The molecule has 1 aromatic heterocycles. The number of Topliss-reactive ketones (excluding diaryl/α,β-unsaturated/α-hetero) is 1. The summed E-state index contributed by atoms with van der Waals surface area (Å²) in [6.45, 7) is 3.52. The molecule has 1 aromatic rings. The van der Waals surface area contributed by atoms with Gasteiger partial charge in [0.25, 0.3) is 0 Å². The Hall–Kier alpha value is -1.23. The second-order valence-corrected chi connectivity index (χ2v) is 5.64. The Morgan fingerprint density at radius 2 is 2.18 bits per heavy atom. The summed E-state index contributed by atoms with van der Waals surface area (Å²) < 4.78 is 11.2. The highest BCUT2D eigenvalue weighted by molar-refractivity contribution is 7.84. The van der Waals surface area contributed by atoms with Crippen molar-refractivity contribution in [2.75, 3.05) is 24.0 Å². The standard InChI is InChI=1S/C12H18N2O2S/c1-9(8-17(4)16)14(3)12-6-5-11(7-13-12)10(2)15/h5-7,9H,8H2,1-4H3/t9-,17-/m1/s1. The summed E-state index contributed by atoms with van der Waals surface area (Å²) in [5, 5.41) is 0. The lowest BCUT2D eigenvalue weighted by Crippen LogP contribution is -2.33. The Bertz CT molecular complexity index is 417. The smallest absolute Gasteiger partial charge is 0.161 e. The third-order valence-electron chi connectivity index (χ3n) is 2.65. The third kappa shape index (κ3) is 3.93. The quantitative estimate of drug-likeness (QED) is 0.747. The molecule has 1 heterocycles. The van der Waals surface area contributed by atoms with Gasteiger partial charge in [-0.25, -0.2) is 4.98 Å². The Labute approximate surface area is 105 Å². The number of hydrogen-bond acceptors (Lipinski definition) is 4. The molecule has 0 saturated heterocycles. The van der Waals surface area contributed by atoms with Crippen molar-refractivity contribution in [2.24, 2.45) is 0 Å². The molecule has 5 heteroatoms. The van der Waals surface area contributed by atoms with E-state index in [1.165, 1.54) is 6.92 Å². The van der Waals surface area contributed by atoms with Gasteiger partial charge in [-0.05, 0) is 26.0 Å². The molecule has 0 aliphatic carbocycles. The predicted molar refractivity (Wildman–Crippen MR) is 71.0 cm³/mol. The van der Waals surface area contributed by atoms with Gasteiger partial charge in [-0.3, -0.25) is 9.00 Å². The summed E-state index contributed by atoms with van der Waals surface area (Å²) >= 11 is 0. The van der Waals surface area contributed by atoms with Crippen molar-refractivity contribution in [3.8, 4) is 0 Å². The van der Waals surface area contributed by atoms with Gasteiger partial charge in [0.15, 0.2) is 5.78 Å². The van der Waals surface area contributed by atoms with Gasteiger partial charge in [0.2, 0.25) is 0 Å². The minimum Gasteiger partial charge on any atom is -0.356 e. The minimum atomic E-state index is -0.825. The number of pyridine rings is 1. The summed E-state index contributed by atoms with van der Waals surface area (Å²) in [5.41, 5.74) is 0.605. The van der Waals surface area contributed by atoms with E-state index >= 15 is 0 Å². The summed E-state index contributed by atoms with van der Waals surface area (Å²) in [4.78, 5) is 17.3. The first-order valence-electron chi connectivity index (χ1n) is 5.41. The Balaban J connectivity index is 2.78. The van der Waals surface area contributed by atoms with Gasteiger partial charge in [-0.2, -0.15) is 0 Å². The zero-order chi connectivity index (χ0) is 13.0. The van der Waals surface area contributed by atoms with Crippen molar-refractivity contribution >= 4 is 22.4 Å². The molecule has 0 N–H and O–H groups in total. The maximum absolute atomic E-state index is 11.2. The molecular weight excluding hydrogens is 236 g/mol. The molecule has 2 atom stereocenters. The third-order valence-corrected chi connectivity index (χ3v) is 3.60. The number of rotatable bonds is 5. The number of hydrogen-bond donors (Lipinski definition) is 0. The van der Waals surface area contributed by atoms with Crippen LogP contribution in [-0.2, 0) is 10.8 Å². The maximum atomic E-state index is 11.2. The molecule has 0 spiro atoms. The van der Waals surface area contributed by atoms with Gasteiger partial charge in [-0.1, -0.05) is 0 Å². The van der Waals surface area contributed by atoms with E-state index in [2.05, 4.69) is 4.98 Å². The van der Waals surface area contributed by atoms with Crippen LogP contribution in [0.4, 0.5) is 5.82 Å².